The monoisotopic (exact) mass is 347 g/mol. The molecule has 2 heterocycles. The van der Waals surface area contributed by atoms with Crippen LogP contribution in [0.4, 0.5) is 18.9 Å². The third-order valence-corrected chi connectivity index (χ3v) is 3.97. The summed E-state index contributed by atoms with van der Waals surface area (Å²) in [7, 11) is 0. The number of anilines is 1. The molecule has 0 aliphatic carbocycles. The van der Waals surface area contributed by atoms with Gasteiger partial charge in [0.15, 0.2) is 0 Å². The highest BCUT2D eigenvalue weighted by Crippen LogP contribution is 2.29. The number of fused-ring (bicyclic) bond motifs is 1. The Bertz CT molecular complexity index is 927. The number of hydrogen-bond donors (Lipinski definition) is 1. The van der Waals surface area contributed by atoms with Gasteiger partial charge in [-0.15, -0.1) is 0 Å². The molecule has 2 aromatic heterocycles. The minimum atomic E-state index is -4.39. The van der Waals surface area contributed by atoms with Crippen LogP contribution < -0.4 is 5.32 Å². The second-order valence-corrected chi connectivity index (χ2v) is 5.83. The first-order valence-corrected chi connectivity index (χ1v) is 7.66. The van der Waals surface area contributed by atoms with Crippen LogP contribution in [0.5, 0.6) is 0 Å². The Kier molecular flexibility index (Phi) is 4.24. The summed E-state index contributed by atoms with van der Waals surface area (Å²) in [5.41, 5.74) is 2.86. The van der Waals surface area contributed by atoms with Crippen molar-refractivity contribution in [3.63, 3.8) is 0 Å². The molecule has 0 bridgehead atoms. The summed E-state index contributed by atoms with van der Waals surface area (Å²) in [5, 5.41) is 2.62. The van der Waals surface area contributed by atoms with E-state index in [4.69, 9.17) is 0 Å². The maximum atomic E-state index is 12.6. The van der Waals surface area contributed by atoms with Crippen LogP contribution in [0.2, 0.25) is 0 Å². The Morgan fingerprint density at radius 3 is 2.48 bits per heavy atom. The van der Waals surface area contributed by atoms with E-state index < -0.39 is 11.7 Å². The van der Waals surface area contributed by atoms with Crippen LogP contribution >= 0.6 is 0 Å². The van der Waals surface area contributed by atoms with E-state index in [0.717, 1.165) is 34.7 Å². The Balaban J connectivity index is 1.77. The fourth-order valence-electron chi connectivity index (χ4n) is 2.68. The predicted molar refractivity (Wildman–Crippen MR) is 88.4 cm³/mol. The largest absolute Gasteiger partial charge is 0.416 e. The molecule has 0 fully saturated rings. The number of hydrogen-bond acceptors (Lipinski definition) is 2. The molecule has 0 saturated carbocycles. The number of nitrogens with zero attached hydrogens (tertiary/aromatic N) is 2. The molecule has 0 saturated heterocycles. The van der Waals surface area contributed by atoms with E-state index in [9.17, 15) is 18.0 Å². The summed E-state index contributed by atoms with van der Waals surface area (Å²) in [6.45, 7) is 3.76. The summed E-state index contributed by atoms with van der Waals surface area (Å²) >= 11 is 0. The number of imidazole rings is 1. The number of rotatable bonds is 3. The van der Waals surface area contributed by atoms with Crippen molar-refractivity contribution in [2.24, 2.45) is 0 Å². The standard InChI is InChI=1S/C18H16F3N3O/c1-11-4-3-9-24-15(12(2)22-17(11)24)10-16(25)23-14-7-5-13(6-8-14)18(19,20)21/h3-9H,10H2,1-2H3,(H,23,25). The van der Waals surface area contributed by atoms with Crippen LogP contribution in [-0.4, -0.2) is 15.3 Å². The van der Waals surface area contributed by atoms with E-state index in [1.807, 2.05) is 36.6 Å². The Labute approximate surface area is 142 Å². The molecule has 0 aliphatic rings. The zero-order chi connectivity index (χ0) is 18.2. The normalized spacial score (nSPS) is 11.7. The summed E-state index contributed by atoms with van der Waals surface area (Å²) in [6, 6.07) is 8.18. The summed E-state index contributed by atoms with van der Waals surface area (Å²) < 4.78 is 39.5. The van der Waals surface area contributed by atoms with Crippen molar-refractivity contribution in [3.8, 4) is 0 Å². The molecule has 0 aliphatic heterocycles. The average Bonchev–Trinajstić information content (AvgIpc) is 2.85. The van der Waals surface area contributed by atoms with E-state index in [0.29, 0.717) is 5.69 Å². The minimum absolute atomic E-state index is 0.0808. The van der Waals surface area contributed by atoms with E-state index in [1.54, 1.807) is 0 Å². The van der Waals surface area contributed by atoms with E-state index in [1.165, 1.54) is 12.1 Å². The lowest BCUT2D eigenvalue weighted by Crippen LogP contribution is -2.16. The van der Waals surface area contributed by atoms with Gasteiger partial charge in [-0.05, 0) is 49.7 Å². The van der Waals surface area contributed by atoms with E-state index in [-0.39, 0.29) is 12.3 Å². The molecule has 1 amide bonds. The van der Waals surface area contributed by atoms with Crippen molar-refractivity contribution in [1.82, 2.24) is 9.38 Å². The molecule has 4 nitrogen and oxygen atoms in total. The van der Waals surface area contributed by atoms with Crippen LogP contribution in [0, 0.1) is 13.8 Å². The van der Waals surface area contributed by atoms with Gasteiger partial charge in [0.1, 0.15) is 5.65 Å². The van der Waals surface area contributed by atoms with Gasteiger partial charge in [-0.1, -0.05) is 6.07 Å². The van der Waals surface area contributed by atoms with Gasteiger partial charge in [0.25, 0.3) is 0 Å². The van der Waals surface area contributed by atoms with Gasteiger partial charge in [-0.25, -0.2) is 4.98 Å². The van der Waals surface area contributed by atoms with Crippen molar-refractivity contribution in [2.45, 2.75) is 26.4 Å². The number of carbonyl (C=O) groups excluding carboxylic acids is 1. The molecule has 0 atom stereocenters. The molecular weight excluding hydrogens is 331 g/mol. The van der Waals surface area contributed by atoms with Gasteiger partial charge in [-0.3, -0.25) is 4.79 Å². The van der Waals surface area contributed by atoms with Gasteiger partial charge in [0.05, 0.1) is 23.4 Å². The van der Waals surface area contributed by atoms with Crippen LogP contribution in [0.3, 0.4) is 0 Å². The third kappa shape index (κ3) is 3.50. The van der Waals surface area contributed by atoms with Crippen molar-refractivity contribution in [2.75, 3.05) is 5.32 Å². The zero-order valence-electron chi connectivity index (χ0n) is 13.7. The van der Waals surface area contributed by atoms with Crippen LogP contribution in [0.1, 0.15) is 22.5 Å². The Morgan fingerprint density at radius 2 is 1.84 bits per heavy atom. The topological polar surface area (TPSA) is 46.4 Å². The first-order chi connectivity index (χ1) is 11.8. The van der Waals surface area contributed by atoms with Crippen molar-refractivity contribution >= 4 is 17.2 Å². The molecule has 3 rings (SSSR count). The fourth-order valence-corrected chi connectivity index (χ4v) is 2.68. The maximum absolute atomic E-state index is 12.6. The van der Waals surface area contributed by atoms with Crippen molar-refractivity contribution in [1.29, 1.82) is 0 Å². The van der Waals surface area contributed by atoms with Crippen molar-refractivity contribution < 1.29 is 18.0 Å². The molecule has 0 spiro atoms. The number of amides is 1. The molecule has 130 valence electrons. The minimum Gasteiger partial charge on any atom is -0.326 e. The summed E-state index contributed by atoms with van der Waals surface area (Å²) in [6.07, 6.45) is -2.48. The highest BCUT2D eigenvalue weighted by atomic mass is 19.4. The zero-order valence-corrected chi connectivity index (χ0v) is 13.7. The molecule has 7 heteroatoms. The van der Waals surface area contributed by atoms with E-state index >= 15 is 0 Å². The smallest absolute Gasteiger partial charge is 0.326 e. The van der Waals surface area contributed by atoms with Crippen LogP contribution in [0.15, 0.2) is 42.6 Å². The van der Waals surface area contributed by atoms with Gasteiger partial charge < -0.3 is 9.72 Å². The lowest BCUT2D eigenvalue weighted by Gasteiger charge is -2.09. The second kappa shape index (κ2) is 6.23. The van der Waals surface area contributed by atoms with Gasteiger partial charge in [0.2, 0.25) is 5.91 Å². The quantitative estimate of drug-likeness (QED) is 0.774. The Hall–Kier alpha value is -2.83. The average molecular weight is 347 g/mol. The lowest BCUT2D eigenvalue weighted by atomic mass is 10.2. The fraction of sp³-hybridized carbons (Fsp3) is 0.222. The highest BCUT2D eigenvalue weighted by molar-refractivity contribution is 5.92. The number of pyridine rings is 1. The molecule has 1 N–H and O–H groups in total. The summed E-state index contributed by atoms with van der Waals surface area (Å²) in [5.74, 6) is -0.314. The second-order valence-electron chi connectivity index (χ2n) is 5.83. The number of benzene rings is 1. The number of aryl methyl sites for hydroxylation is 2. The maximum Gasteiger partial charge on any atom is 0.416 e. The molecular formula is C18H16F3N3O. The molecule has 1 aromatic carbocycles. The van der Waals surface area contributed by atoms with E-state index in [2.05, 4.69) is 10.3 Å². The predicted octanol–water partition coefficient (Wildman–Crippen LogP) is 4.15. The number of nitrogens with one attached hydrogen (secondary N) is 1. The van der Waals surface area contributed by atoms with Crippen molar-refractivity contribution in [3.05, 3.63) is 65.1 Å². The molecule has 0 radical (unpaired) electrons. The highest BCUT2D eigenvalue weighted by Gasteiger charge is 2.30. The molecule has 3 aromatic rings. The third-order valence-electron chi connectivity index (χ3n) is 3.97. The number of alkyl halides is 3. The SMILES string of the molecule is Cc1nc2c(C)cccn2c1CC(=O)Nc1ccc(C(F)(F)F)cc1. The number of aromatic nitrogens is 2. The molecule has 0 unspecified atom stereocenters. The molecule has 25 heavy (non-hydrogen) atoms. The van der Waals surface area contributed by atoms with Gasteiger partial charge in [-0.2, -0.15) is 13.2 Å². The number of halogens is 3. The Morgan fingerprint density at radius 1 is 1.16 bits per heavy atom. The van der Waals surface area contributed by atoms with Crippen LogP contribution in [0.25, 0.3) is 5.65 Å². The first-order valence-electron chi connectivity index (χ1n) is 7.66. The number of carbonyl (C=O) groups is 1. The lowest BCUT2D eigenvalue weighted by molar-refractivity contribution is -0.137. The van der Waals surface area contributed by atoms with Gasteiger partial charge >= 0.3 is 6.18 Å². The van der Waals surface area contributed by atoms with Crippen LogP contribution in [-0.2, 0) is 17.4 Å². The summed E-state index contributed by atoms with van der Waals surface area (Å²) in [4.78, 5) is 16.7. The van der Waals surface area contributed by atoms with Gasteiger partial charge in [0, 0.05) is 11.9 Å². The first kappa shape index (κ1) is 17.0.